The Bertz CT molecular complexity index is 928. The number of fused-ring (bicyclic) bond motifs is 1. The number of carbonyl (C=O) groups is 1. The molecule has 2 atom stereocenters. The van der Waals surface area contributed by atoms with E-state index in [0.717, 1.165) is 6.07 Å². The molecule has 1 aromatic rings. The second-order valence-corrected chi connectivity index (χ2v) is 11.5. The van der Waals surface area contributed by atoms with E-state index in [1.807, 2.05) is 27.7 Å². The third-order valence-corrected chi connectivity index (χ3v) is 7.16. The second kappa shape index (κ2) is 7.98. The van der Waals surface area contributed by atoms with E-state index in [0.29, 0.717) is 26.2 Å². The first-order valence-corrected chi connectivity index (χ1v) is 11.6. The summed E-state index contributed by atoms with van der Waals surface area (Å²) in [7, 11) is 0. The van der Waals surface area contributed by atoms with Gasteiger partial charge in [0.05, 0.1) is 16.8 Å². The average Bonchev–Trinajstić information content (AvgIpc) is 3.29. The number of nitrogens with zero attached hydrogens (tertiary/aromatic N) is 3. The van der Waals surface area contributed by atoms with Gasteiger partial charge < -0.3 is 24.0 Å². The van der Waals surface area contributed by atoms with E-state index in [1.165, 1.54) is 6.20 Å². The molecule has 0 saturated carbocycles. The van der Waals surface area contributed by atoms with Gasteiger partial charge in [0, 0.05) is 49.8 Å². The largest absolute Gasteiger partial charge is 0.444 e. The van der Waals surface area contributed by atoms with Crippen molar-refractivity contribution in [3.05, 3.63) is 23.4 Å². The van der Waals surface area contributed by atoms with Gasteiger partial charge in [-0.1, -0.05) is 0 Å². The van der Waals surface area contributed by atoms with E-state index in [4.69, 9.17) is 14.2 Å². The highest BCUT2D eigenvalue weighted by Crippen LogP contribution is 2.47. The van der Waals surface area contributed by atoms with Crippen LogP contribution in [-0.2, 0) is 20.4 Å². The number of pyridine rings is 1. The maximum absolute atomic E-state index is 14.1. The highest BCUT2D eigenvalue weighted by molar-refractivity contribution is 5.68. The quantitative estimate of drug-likeness (QED) is 0.587. The van der Waals surface area contributed by atoms with Gasteiger partial charge in [-0.15, -0.1) is 0 Å². The summed E-state index contributed by atoms with van der Waals surface area (Å²) in [5.74, 6) is 0.0438. The van der Waals surface area contributed by atoms with Crippen molar-refractivity contribution >= 4 is 11.9 Å². The third-order valence-electron chi connectivity index (χ3n) is 7.16. The Balaban J connectivity index is 1.51. The number of anilines is 1. The van der Waals surface area contributed by atoms with Crippen molar-refractivity contribution in [3.63, 3.8) is 0 Å². The zero-order chi connectivity index (χ0) is 25.3. The predicted octanol–water partition coefficient (Wildman–Crippen LogP) is 5.01. The summed E-state index contributed by atoms with van der Waals surface area (Å²) >= 11 is 0. The van der Waals surface area contributed by atoms with E-state index in [2.05, 4.69) is 4.98 Å². The highest BCUT2D eigenvalue weighted by atomic mass is 19.4. The molecule has 0 radical (unpaired) electrons. The Morgan fingerprint density at radius 1 is 1.03 bits per heavy atom. The third kappa shape index (κ3) is 4.71. The average molecular weight is 486 g/mol. The van der Waals surface area contributed by atoms with Crippen molar-refractivity contribution in [2.45, 2.75) is 77.7 Å². The lowest BCUT2D eigenvalue weighted by Gasteiger charge is -2.30. The first-order chi connectivity index (χ1) is 15.5. The smallest absolute Gasteiger partial charge is 0.419 e. The molecule has 0 aromatic carbocycles. The highest BCUT2D eigenvalue weighted by Gasteiger charge is 2.50. The summed E-state index contributed by atoms with van der Waals surface area (Å²) in [5, 5.41) is 0. The number of carbonyl (C=O) groups excluding carboxylic acids is 1. The van der Waals surface area contributed by atoms with Crippen LogP contribution in [0.1, 0.15) is 65.9 Å². The predicted molar refractivity (Wildman–Crippen MR) is 119 cm³/mol. The molecule has 34 heavy (non-hydrogen) atoms. The van der Waals surface area contributed by atoms with E-state index in [9.17, 15) is 18.0 Å². The fraction of sp³-hybridized carbons (Fsp3) is 0.750. The lowest BCUT2D eigenvalue weighted by molar-refractivity contribution is -0.137. The standard InChI is InChI=1S/C24H34F3N3O4/c1-21(2,3)34-20(31)30-12-15-10-29(11-16(15)13-30)18-17(24(25,26)27)8-14(9-28-18)19-32-22(4,5)23(6,7)33-19/h8-9,15-16,19H,10-13H2,1-7H3/t15-,16-/m1/s1. The van der Waals surface area contributed by atoms with Crippen molar-refractivity contribution in [1.29, 1.82) is 0 Å². The number of alkyl halides is 3. The van der Waals surface area contributed by atoms with Crippen LogP contribution in [0.3, 0.4) is 0 Å². The SMILES string of the molecule is CC(C)(C)OC(=O)N1C[C@H]2CN(c3ncc(C4OC(C)(C)C(C)(C)O4)cc3C(F)(F)F)C[C@@H]2C1. The fourth-order valence-electron chi connectivity index (χ4n) is 4.68. The molecule has 190 valence electrons. The van der Waals surface area contributed by atoms with Crippen LogP contribution in [0.15, 0.2) is 12.3 Å². The van der Waals surface area contributed by atoms with Crippen LogP contribution in [0.2, 0.25) is 0 Å². The van der Waals surface area contributed by atoms with Crippen molar-refractivity contribution in [2.24, 2.45) is 11.8 Å². The number of halogens is 3. The molecule has 0 aliphatic carbocycles. The maximum atomic E-state index is 14.1. The van der Waals surface area contributed by atoms with Crippen molar-refractivity contribution in [3.8, 4) is 0 Å². The number of rotatable bonds is 2. The number of likely N-dealkylation sites (tertiary alicyclic amines) is 1. The summed E-state index contributed by atoms with van der Waals surface area (Å²) in [6, 6.07) is 1.09. The fourth-order valence-corrected chi connectivity index (χ4v) is 4.68. The summed E-state index contributed by atoms with van der Waals surface area (Å²) in [4.78, 5) is 20.0. The van der Waals surface area contributed by atoms with Gasteiger partial charge in [-0.2, -0.15) is 13.2 Å². The summed E-state index contributed by atoms with van der Waals surface area (Å²) in [6.45, 7) is 14.5. The Hall–Kier alpha value is -2.07. The summed E-state index contributed by atoms with van der Waals surface area (Å²) in [6.07, 6.45) is -4.47. The number of aromatic nitrogens is 1. The molecule has 4 rings (SSSR count). The lowest BCUT2D eigenvalue weighted by atomic mass is 9.90. The molecular weight excluding hydrogens is 451 g/mol. The van der Waals surface area contributed by atoms with Gasteiger partial charge in [0.15, 0.2) is 6.29 Å². The molecule has 1 aromatic heterocycles. The molecule has 1 amide bonds. The Labute approximate surface area is 198 Å². The number of ether oxygens (including phenoxy) is 3. The summed E-state index contributed by atoms with van der Waals surface area (Å²) in [5.41, 5.74) is -2.48. The van der Waals surface area contributed by atoms with Crippen LogP contribution in [0, 0.1) is 11.8 Å². The van der Waals surface area contributed by atoms with Gasteiger partial charge >= 0.3 is 12.3 Å². The summed E-state index contributed by atoms with van der Waals surface area (Å²) < 4.78 is 59.5. The van der Waals surface area contributed by atoms with Gasteiger partial charge in [-0.05, 0) is 54.5 Å². The van der Waals surface area contributed by atoms with Gasteiger partial charge in [-0.3, -0.25) is 0 Å². The first-order valence-electron chi connectivity index (χ1n) is 11.6. The Kier molecular flexibility index (Phi) is 5.87. The monoisotopic (exact) mass is 485 g/mol. The minimum Gasteiger partial charge on any atom is -0.444 e. The molecule has 10 heteroatoms. The number of hydrogen-bond donors (Lipinski definition) is 0. The molecule has 3 aliphatic heterocycles. The van der Waals surface area contributed by atoms with Crippen LogP contribution in [0.5, 0.6) is 0 Å². The minimum absolute atomic E-state index is 0.0678. The zero-order valence-electron chi connectivity index (χ0n) is 20.8. The van der Waals surface area contributed by atoms with Crippen LogP contribution in [-0.4, -0.2) is 59.0 Å². The molecule has 0 spiro atoms. The second-order valence-electron chi connectivity index (χ2n) is 11.5. The first kappa shape index (κ1) is 25.0. The number of amides is 1. The molecule has 0 N–H and O–H groups in total. The minimum atomic E-state index is -4.58. The van der Waals surface area contributed by atoms with Crippen LogP contribution in [0.4, 0.5) is 23.8 Å². The molecular formula is C24H34F3N3O4. The Morgan fingerprint density at radius 2 is 1.56 bits per heavy atom. The molecule has 0 unspecified atom stereocenters. The van der Waals surface area contributed by atoms with E-state index < -0.39 is 34.8 Å². The van der Waals surface area contributed by atoms with Crippen LogP contribution < -0.4 is 4.90 Å². The zero-order valence-corrected chi connectivity index (χ0v) is 20.8. The van der Waals surface area contributed by atoms with Crippen LogP contribution in [0.25, 0.3) is 0 Å². The molecule has 3 aliphatic rings. The van der Waals surface area contributed by atoms with Crippen molar-refractivity contribution in [2.75, 3.05) is 31.1 Å². The van der Waals surface area contributed by atoms with E-state index in [-0.39, 0.29) is 29.3 Å². The van der Waals surface area contributed by atoms with Gasteiger partial charge in [-0.25, -0.2) is 9.78 Å². The van der Waals surface area contributed by atoms with Crippen LogP contribution >= 0.6 is 0 Å². The van der Waals surface area contributed by atoms with E-state index in [1.54, 1.807) is 30.6 Å². The van der Waals surface area contributed by atoms with Crippen molar-refractivity contribution in [1.82, 2.24) is 9.88 Å². The molecule has 4 heterocycles. The maximum Gasteiger partial charge on any atom is 0.419 e. The molecule has 3 fully saturated rings. The Morgan fingerprint density at radius 3 is 2.03 bits per heavy atom. The normalized spacial score (nSPS) is 26.8. The van der Waals surface area contributed by atoms with E-state index >= 15 is 0 Å². The van der Waals surface area contributed by atoms with Gasteiger partial charge in [0.25, 0.3) is 0 Å². The van der Waals surface area contributed by atoms with Gasteiger partial charge in [0.2, 0.25) is 0 Å². The van der Waals surface area contributed by atoms with Crippen molar-refractivity contribution < 1.29 is 32.2 Å². The number of hydrogen-bond acceptors (Lipinski definition) is 6. The molecule has 3 saturated heterocycles. The van der Waals surface area contributed by atoms with Gasteiger partial charge in [0.1, 0.15) is 11.4 Å². The lowest BCUT2D eigenvalue weighted by Crippen LogP contribution is -2.41. The topological polar surface area (TPSA) is 64.1 Å². The molecule has 0 bridgehead atoms. The molecule has 7 nitrogen and oxygen atoms in total.